The quantitative estimate of drug-likeness (QED) is 0.664. The highest BCUT2D eigenvalue weighted by Gasteiger charge is 2.14. The molecule has 0 fully saturated rings. The monoisotopic (exact) mass is 167 g/mol. The Bertz CT molecular complexity index is 258. The fourth-order valence-corrected chi connectivity index (χ4v) is 0.923. The summed E-state index contributed by atoms with van der Waals surface area (Å²) in [6.07, 6.45) is 0. The lowest BCUT2D eigenvalue weighted by molar-refractivity contribution is -0.142. The molecule has 0 unspecified atom stereocenters. The maximum atomic E-state index is 11.0. The molecule has 0 aromatic heterocycles. The lowest BCUT2D eigenvalue weighted by atomic mass is 10.2. The van der Waals surface area contributed by atoms with Gasteiger partial charge in [-0.1, -0.05) is 30.3 Å². The number of ether oxygens (including phenoxy) is 1. The van der Waals surface area contributed by atoms with E-state index in [1.54, 1.807) is 12.1 Å². The molecular weight excluding hydrogens is 156 g/mol. The standard InChI is InChI=1S/C9H11NO2/c1-12-9(11)8(10)7-5-3-2-4-6-7/h2-6,8H,10H2,1H3/t8-/m1/s1/i9+2. The van der Waals surface area contributed by atoms with E-state index in [9.17, 15) is 4.79 Å². The van der Waals surface area contributed by atoms with E-state index in [2.05, 4.69) is 4.74 Å². The maximum absolute atomic E-state index is 11.0. The second kappa shape index (κ2) is 3.88. The average Bonchev–Trinajstić information content (AvgIpc) is 2.17. The van der Waals surface area contributed by atoms with Crippen molar-refractivity contribution in [3.63, 3.8) is 0 Å². The van der Waals surface area contributed by atoms with Gasteiger partial charge in [0.2, 0.25) is 0 Å². The second-order valence-corrected chi connectivity index (χ2v) is 2.41. The first-order valence-electron chi connectivity index (χ1n) is 3.64. The summed E-state index contributed by atoms with van der Waals surface area (Å²) >= 11 is 0. The lowest BCUT2D eigenvalue weighted by Gasteiger charge is -2.08. The first kappa shape index (κ1) is 8.74. The molecule has 0 saturated carbocycles. The number of methoxy groups -OCH3 is 1. The van der Waals surface area contributed by atoms with Crippen LogP contribution in [0.5, 0.6) is 0 Å². The minimum Gasteiger partial charge on any atom is -0.468 e. The summed E-state index contributed by atoms with van der Waals surface area (Å²) in [6.45, 7) is 0. The molecule has 0 aliphatic rings. The molecule has 12 heavy (non-hydrogen) atoms. The molecule has 0 heterocycles. The first-order valence-corrected chi connectivity index (χ1v) is 3.64. The topological polar surface area (TPSA) is 52.3 Å². The van der Waals surface area contributed by atoms with Crippen LogP contribution in [0.25, 0.3) is 0 Å². The molecule has 2 N–H and O–H groups in total. The van der Waals surface area contributed by atoms with Crippen LogP contribution in [-0.4, -0.2) is 13.1 Å². The Morgan fingerprint density at radius 1 is 1.42 bits per heavy atom. The van der Waals surface area contributed by atoms with Crippen molar-refractivity contribution in [1.29, 1.82) is 0 Å². The predicted molar refractivity (Wildman–Crippen MR) is 45.4 cm³/mol. The third-order valence-corrected chi connectivity index (χ3v) is 1.61. The van der Waals surface area contributed by atoms with Crippen molar-refractivity contribution >= 4 is 5.97 Å². The van der Waals surface area contributed by atoms with Gasteiger partial charge in [0.05, 0.1) is 7.11 Å². The van der Waals surface area contributed by atoms with E-state index in [0.717, 1.165) is 5.56 Å². The molecule has 1 aromatic carbocycles. The first-order chi connectivity index (χ1) is 5.75. The zero-order valence-electron chi connectivity index (χ0n) is 6.86. The van der Waals surface area contributed by atoms with E-state index in [1.807, 2.05) is 18.2 Å². The Labute approximate surface area is 71.1 Å². The molecule has 0 saturated heterocycles. The molecule has 3 heteroatoms. The number of esters is 1. The Morgan fingerprint density at radius 3 is 2.50 bits per heavy atom. The van der Waals surface area contributed by atoms with Crippen LogP contribution in [0.15, 0.2) is 30.3 Å². The summed E-state index contributed by atoms with van der Waals surface area (Å²) in [7, 11) is 1.32. The molecule has 3 nitrogen and oxygen atoms in total. The smallest absolute Gasteiger partial charge is 0.327 e. The van der Waals surface area contributed by atoms with Gasteiger partial charge in [-0.25, -0.2) is 0 Å². The van der Waals surface area contributed by atoms with Crippen LogP contribution >= 0.6 is 0 Å². The summed E-state index contributed by atoms with van der Waals surface area (Å²) in [4.78, 5) is 11.0. The summed E-state index contributed by atoms with van der Waals surface area (Å²) < 4.78 is 4.50. The van der Waals surface area contributed by atoms with E-state index in [4.69, 9.17) is 5.73 Å². The van der Waals surface area contributed by atoms with Crippen molar-refractivity contribution in [2.75, 3.05) is 7.11 Å². The molecule has 0 aliphatic heterocycles. The Kier molecular flexibility index (Phi) is 2.82. The van der Waals surface area contributed by atoms with Gasteiger partial charge in [-0.15, -0.1) is 0 Å². The fourth-order valence-electron chi connectivity index (χ4n) is 0.923. The molecule has 64 valence electrons. The van der Waals surface area contributed by atoms with Gasteiger partial charge >= 0.3 is 5.97 Å². The van der Waals surface area contributed by atoms with Crippen LogP contribution < -0.4 is 5.73 Å². The van der Waals surface area contributed by atoms with Crippen molar-refractivity contribution < 1.29 is 9.53 Å². The van der Waals surface area contributed by atoms with Crippen molar-refractivity contribution in [2.24, 2.45) is 5.73 Å². The highest BCUT2D eigenvalue weighted by molar-refractivity contribution is 5.77. The van der Waals surface area contributed by atoms with Gasteiger partial charge in [-0.05, 0) is 5.56 Å². The largest absolute Gasteiger partial charge is 0.468 e. The van der Waals surface area contributed by atoms with Crippen molar-refractivity contribution in [3.8, 4) is 0 Å². The number of hydrogen-bond donors (Lipinski definition) is 1. The molecule has 0 aliphatic carbocycles. The van der Waals surface area contributed by atoms with Gasteiger partial charge in [0, 0.05) is 0 Å². The van der Waals surface area contributed by atoms with E-state index < -0.39 is 12.0 Å². The van der Waals surface area contributed by atoms with Gasteiger partial charge in [0.1, 0.15) is 6.04 Å². The van der Waals surface area contributed by atoms with Crippen molar-refractivity contribution in [3.05, 3.63) is 35.9 Å². The SMILES string of the molecule is CO[14C](=O)[C@H](N)c1ccccc1. The maximum Gasteiger partial charge on any atom is 0.327 e. The van der Waals surface area contributed by atoms with E-state index in [0.29, 0.717) is 0 Å². The molecule has 1 atom stereocenters. The summed E-state index contributed by atoms with van der Waals surface area (Å²) in [6, 6.07) is 8.45. The fraction of sp³-hybridized carbons (Fsp3) is 0.222. The zero-order valence-corrected chi connectivity index (χ0v) is 6.86. The Hall–Kier alpha value is -1.35. The van der Waals surface area contributed by atoms with Gasteiger partial charge in [0.15, 0.2) is 0 Å². The number of benzene rings is 1. The molecule has 0 spiro atoms. The zero-order chi connectivity index (χ0) is 8.97. The van der Waals surface area contributed by atoms with E-state index in [1.165, 1.54) is 7.11 Å². The number of nitrogens with two attached hydrogens (primary N) is 1. The van der Waals surface area contributed by atoms with Crippen LogP contribution in [0.4, 0.5) is 0 Å². The third kappa shape index (κ3) is 1.83. The van der Waals surface area contributed by atoms with E-state index >= 15 is 0 Å². The summed E-state index contributed by atoms with van der Waals surface area (Å²) in [5.41, 5.74) is 6.34. The average molecular weight is 167 g/mol. The van der Waals surface area contributed by atoms with Crippen LogP contribution in [0.2, 0.25) is 0 Å². The van der Waals surface area contributed by atoms with Gasteiger partial charge in [0.25, 0.3) is 0 Å². The minimum atomic E-state index is -0.670. The van der Waals surface area contributed by atoms with Crippen molar-refractivity contribution in [2.45, 2.75) is 6.04 Å². The highest BCUT2D eigenvalue weighted by atomic mass is 16.8. The predicted octanol–water partition coefficient (Wildman–Crippen LogP) is 0.859. The molecule has 0 amide bonds. The van der Waals surface area contributed by atoms with E-state index in [-0.39, 0.29) is 0 Å². The lowest BCUT2D eigenvalue weighted by Crippen LogP contribution is -2.22. The summed E-state index contributed by atoms with van der Waals surface area (Å²) in [5, 5.41) is 0. The Morgan fingerprint density at radius 2 is 2.00 bits per heavy atom. The molecule has 1 aromatic rings. The molecule has 0 radical (unpaired) electrons. The summed E-state index contributed by atoms with van der Waals surface area (Å²) in [5.74, 6) is -0.416. The Balaban J connectivity index is 2.78. The molecule has 0 bridgehead atoms. The van der Waals surface area contributed by atoms with Gasteiger partial charge in [-0.2, -0.15) is 0 Å². The number of hydrogen-bond acceptors (Lipinski definition) is 3. The van der Waals surface area contributed by atoms with Crippen LogP contribution in [0.1, 0.15) is 11.6 Å². The third-order valence-electron chi connectivity index (χ3n) is 1.61. The van der Waals surface area contributed by atoms with Gasteiger partial charge in [-0.3, -0.25) is 4.79 Å². The minimum absolute atomic E-state index is 0.416. The van der Waals surface area contributed by atoms with Crippen molar-refractivity contribution in [1.82, 2.24) is 0 Å². The van der Waals surface area contributed by atoms with Gasteiger partial charge < -0.3 is 10.5 Å². The molecule has 1 rings (SSSR count). The van der Waals surface area contributed by atoms with Crippen LogP contribution in [0, 0.1) is 0 Å². The molecular formula is C9H11NO2. The van der Waals surface area contributed by atoms with Crippen LogP contribution in [-0.2, 0) is 9.53 Å². The second-order valence-electron chi connectivity index (χ2n) is 2.41. The number of carbonyl (C=O) groups excluding carboxylic acids is 1. The highest BCUT2D eigenvalue weighted by Crippen LogP contribution is 2.09. The number of carbonyl (C=O) groups is 1. The normalized spacial score (nSPS) is 12.2. The number of rotatable bonds is 2. The van der Waals surface area contributed by atoms with Crippen LogP contribution in [0.3, 0.4) is 0 Å².